The third-order valence-corrected chi connectivity index (χ3v) is 4.24. The molecule has 3 rings (SSSR count). The number of nitrogens with zero attached hydrogens (tertiary/aromatic N) is 1. The molecule has 0 aliphatic carbocycles. The van der Waals surface area contributed by atoms with E-state index in [0.717, 1.165) is 5.56 Å². The molecule has 0 bridgehead atoms. The summed E-state index contributed by atoms with van der Waals surface area (Å²) in [6, 6.07) is 14.8. The molecule has 1 saturated heterocycles. The van der Waals surface area contributed by atoms with Crippen LogP contribution in [0.4, 0.5) is 4.39 Å². The lowest BCUT2D eigenvalue weighted by Crippen LogP contribution is -2.52. The number of halogens is 1. The third kappa shape index (κ3) is 3.85. The number of carbonyl (C=O) groups is 2. The van der Waals surface area contributed by atoms with Crippen molar-refractivity contribution in [3.8, 4) is 0 Å². The second kappa shape index (κ2) is 7.44. The molecule has 1 aliphatic heterocycles. The van der Waals surface area contributed by atoms with Crippen LogP contribution in [0, 0.1) is 5.82 Å². The number of nitrogens with one attached hydrogen (secondary N) is 1. The Morgan fingerprint density at radius 1 is 1.24 bits per heavy atom. The monoisotopic (exact) mass is 342 g/mol. The van der Waals surface area contributed by atoms with Crippen LogP contribution in [0.1, 0.15) is 17.2 Å². The van der Waals surface area contributed by atoms with Crippen LogP contribution < -0.4 is 5.32 Å². The van der Waals surface area contributed by atoms with Crippen LogP contribution in [-0.4, -0.2) is 36.5 Å². The first-order chi connectivity index (χ1) is 12.1. The molecule has 25 heavy (non-hydrogen) atoms. The molecule has 6 heteroatoms. The molecule has 1 aliphatic rings. The lowest BCUT2D eigenvalue weighted by atomic mass is 9.97. The summed E-state index contributed by atoms with van der Waals surface area (Å²) in [5.41, 5.74) is 1.48. The predicted molar refractivity (Wildman–Crippen MR) is 89.9 cm³/mol. The summed E-state index contributed by atoms with van der Waals surface area (Å²) in [5, 5.41) is 2.76. The molecule has 0 radical (unpaired) electrons. The van der Waals surface area contributed by atoms with Gasteiger partial charge in [0.1, 0.15) is 12.4 Å². The highest BCUT2D eigenvalue weighted by molar-refractivity contribution is 5.86. The van der Waals surface area contributed by atoms with Crippen molar-refractivity contribution in [1.29, 1.82) is 0 Å². The summed E-state index contributed by atoms with van der Waals surface area (Å²) in [6.07, 6.45) is -0.821. The van der Waals surface area contributed by atoms with Crippen LogP contribution in [0.2, 0.25) is 0 Å². The van der Waals surface area contributed by atoms with Crippen molar-refractivity contribution in [2.75, 3.05) is 13.7 Å². The number of carbonyl (C=O) groups excluding carboxylic acids is 2. The van der Waals surface area contributed by atoms with E-state index in [1.165, 1.54) is 17.0 Å². The summed E-state index contributed by atoms with van der Waals surface area (Å²) in [5.74, 6) is -0.867. The largest absolute Gasteiger partial charge is 0.356 e. The molecule has 0 spiro atoms. The van der Waals surface area contributed by atoms with Gasteiger partial charge in [-0.15, -0.1) is 0 Å². The molecule has 2 unspecified atom stereocenters. The molecule has 5 nitrogen and oxygen atoms in total. The Hall–Kier alpha value is -2.73. The maximum Gasteiger partial charge on any atom is 0.251 e. The van der Waals surface area contributed by atoms with Gasteiger partial charge in [-0.25, -0.2) is 4.39 Å². The maximum atomic E-state index is 13.2. The van der Waals surface area contributed by atoms with Gasteiger partial charge in [0, 0.05) is 13.6 Å². The van der Waals surface area contributed by atoms with Crippen molar-refractivity contribution in [3.05, 3.63) is 71.5 Å². The fraction of sp³-hybridized carbons (Fsp3) is 0.263. The Bertz CT molecular complexity index is 766. The van der Waals surface area contributed by atoms with Crippen LogP contribution in [0.25, 0.3) is 0 Å². The number of likely N-dealkylation sites (N-methyl/N-ethyl adjacent to an activating group) is 1. The molecule has 2 aromatic carbocycles. The summed E-state index contributed by atoms with van der Waals surface area (Å²) in [7, 11) is 1.66. The predicted octanol–water partition coefficient (Wildman–Crippen LogP) is 2.04. The van der Waals surface area contributed by atoms with Gasteiger partial charge in [0.2, 0.25) is 5.91 Å². The zero-order valence-electron chi connectivity index (χ0n) is 13.8. The number of hydrogen-bond donors (Lipinski definition) is 1. The third-order valence-electron chi connectivity index (χ3n) is 4.24. The average Bonchev–Trinajstić information content (AvgIpc) is 2.62. The van der Waals surface area contributed by atoms with Gasteiger partial charge in [-0.1, -0.05) is 42.5 Å². The first kappa shape index (κ1) is 17.1. The Kier molecular flexibility index (Phi) is 5.09. The summed E-state index contributed by atoms with van der Waals surface area (Å²) in [6.45, 7) is 0.0491. The van der Waals surface area contributed by atoms with Gasteiger partial charge < -0.3 is 15.0 Å². The molecule has 2 atom stereocenters. The number of amides is 2. The lowest BCUT2D eigenvalue weighted by molar-refractivity contribution is -0.162. The summed E-state index contributed by atoms with van der Waals surface area (Å²) in [4.78, 5) is 26.1. The van der Waals surface area contributed by atoms with Gasteiger partial charge in [-0.05, 0) is 23.3 Å². The van der Waals surface area contributed by atoms with E-state index in [1.807, 2.05) is 30.3 Å². The second-order valence-electron chi connectivity index (χ2n) is 5.94. The first-order valence-electron chi connectivity index (χ1n) is 8.00. The van der Waals surface area contributed by atoms with Gasteiger partial charge in [0.15, 0.2) is 6.10 Å². The highest BCUT2D eigenvalue weighted by Crippen LogP contribution is 2.29. The van der Waals surface area contributed by atoms with Crippen molar-refractivity contribution in [1.82, 2.24) is 10.2 Å². The van der Waals surface area contributed by atoms with E-state index in [1.54, 1.807) is 19.2 Å². The molecule has 0 aromatic heterocycles. The van der Waals surface area contributed by atoms with E-state index in [0.29, 0.717) is 5.56 Å². The van der Waals surface area contributed by atoms with E-state index in [2.05, 4.69) is 5.32 Å². The van der Waals surface area contributed by atoms with Crippen molar-refractivity contribution >= 4 is 11.8 Å². The van der Waals surface area contributed by atoms with Gasteiger partial charge in [-0.2, -0.15) is 0 Å². The standard InChI is InChI=1S/C19H19FN2O3/c1-22-16(23)12-25-18(17(22)14-7-3-2-4-8-14)19(24)21-11-13-6-5-9-15(20)10-13/h2-10,17-18H,11-12H2,1H3,(H,21,24). The fourth-order valence-corrected chi connectivity index (χ4v) is 2.92. The van der Waals surface area contributed by atoms with E-state index in [-0.39, 0.29) is 30.8 Å². The summed E-state index contributed by atoms with van der Waals surface area (Å²) >= 11 is 0. The zero-order valence-corrected chi connectivity index (χ0v) is 13.8. The molecular weight excluding hydrogens is 323 g/mol. The Labute approximate surface area is 145 Å². The molecule has 1 fully saturated rings. The van der Waals surface area contributed by atoms with Crippen LogP contribution in [0.5, 0.6) is 0 Å². The number of ether oxygens (including phenoxy) is 1. The molecule has 1 N–H and O–H groups in total. The number of benzene rings is 2. The van der Waals surface area contributed by atoms with Crippen molar-refractivity contribution in [2.45, 2.75) is 18.7 Å². The zero-order chi connectivity index (χ0) is 17.8. The fourth-order valence-electron chi connectivity index (χ4n) is 2.92. The topological polar surface area (TPSA) is 58.6 Å². The van der Waals surface area contributed by atoms with Crippen LogP contribution in [0.3, 0.4) is 0 Å². The van der Waals surface area contributed by atoms with Crippen molar-refractivity contribution < 1.29 is 18.7 Å². The van der Waals surface area contributed by atoms with E-state index in [4.69, 9.17) is 4.74 Å². The smallest absolute Gasteiger partial charge is 0.251 e. The Morgan fingerprint density at radius 2 is 2.00 bits per heavy atom. The number of morpholine rings is 1. The Morgan fingerprint density at radius 3 is 2.72 bits per heavy atom. The summed E-state index contributed by atoms with van der Waals surface area (Å²) < 4.78 is 18.8. The number of hydrogen-bond acceptors (Lipinski definition) is 3. The minimum atomic E-state index is -0.821. The number of rotatable bonds is 4. The average molecular weight is 342 g/mol. The first-order valence-corrected chi connectivity index (χ1v) is 8.00. The van der Waals surface area contributed by atoms with Crippen LogP contribution in [0.15, 0.2) is 54.6 Å². The van der Waals surface area contributed by atoms with Crippen LogP contribution in [-0.2, 0) is 20.9 Å². The van der Waals surface area contributed by atoms with Gasteiger partial charge in [-0.3, -0.25) is 9.59 Å². The quantitative estimate of drug-likeness (QED) is 0.925. The van der Waals surface area contributed by atoms with E-state index < -0.39 is 12.1 Å². The molecule has 0 saturated carbocycles. The van der Waals surface area contributed by atoms with Gasteiger partial charge in [0.05, 0.1) is 6.04 Å². The SMILES string of the molecule is CN1C(=O)COC(C(=O)NCc2cccc(F)c2)C1c1ccccc1. The normalized spacial score (nSPS) is 20.4. The Balaban J connectivity index is 1.76. The van der Waals surface area contributed by atoms with Gasteiger partial charge >= 0.3 is 0 Å². The lowest BCUT2D eigenvalue weighted by Gasteiger charge is -2.38. The molecule has 130 valence electrons. The maximum absolute atomic E-state index is 13.2. The van der Waals surface area contributed by atoms with E-state index in [9.17, 15) is 14.0 Å². The highest BCUT2D eigenvalue weighted by Gasteiger charge is 2.39. The second-order valence-corrected chi connectivity index (χ2v) is 5.94. The van der Waals surface area contributed by atoms with Gasteiger partial charge in [0.25, 0.3) is 5.91 Å². The highest BCUT2D eigenvalue weighted by atomic mass is 19.1. The van der Waals surface area contributed by atoms with Crippen LogP contribution >= 0.6 is 0 Å². The van der Waals surface area contributed by atoms with Crippen molar-refractivity contribution in [2.24, 2.45) is 0 Å². The minimum Gasteiger partial charge on any atom is -0.356 e. The van der Waals surface area contributed by atoms with E-state index >= 15 is 0 Å². The van der Waals surface area contributed by atoms with Crippen molar-refractivity contribution in [3.63, 3.8) is 0 Å². The molecule has 2 aromatic rings. The minimum absolute atomic E-state index is 0.141. The molecule has 2 amide bonds. The molecule has 1 heterocycles. The molecular formula is C19H19FN2O3.